The molecule has 5 nitrogen and oxygen atoms in total. The fourth-order valence-corrected chi connectivity index (χ4v) is 5.09. The van der Waals surface area contributed by atoms with Crippen molar-refractivity contribution in [3.63, 3.8) is 0 Å². The highest BCUT2D eigenvalue weighted by Crippen LogP contribution is 2.30. The first-order chi connectivity index (χ1) is 16.0. The molecule has 1 saturated carbocycles. The van der Waals surface area contributed by atoms with E-state index in [0.717, 1.165) is 41.3 Å². The van der Waals surface area contributed by atoms with Crippen molar-refractivity contribution in [1.29, 1.82) is 0 Å². The number of para-hydroxylation sites is 1. The van der Waals surface area contributed by atoms with Crippen LogP contribution in [0.2, 0.25) is 0 Å². The van der Waals surface area contributed by atoms with E-state index in [1.807, 2.05) is 68.4 Å². The van der Waals surface area contributed by atoms with Crippen LogP contribution in [0.4, 0.5) is 5.69 Å². The van der Waals surface area contributed by atoms with Gasteiger partial charge in [-0.25, -0.2) is 4.99 Å². The van der Waals surface area contributed by atoms with Gasteiger partial charge < -0.3 is 10.2 Å². The van der Waals surface area contributed by atoms with Crippen molar-refractivity contribution < 1.29 is 9.59 Å². The van der Waals surface area contributed by atoms with Crippen molar-refractivity contribution in [3.05, 3.63) is 65.7 Å². The van der Waals surface area contributed by atoms with E-state index in [2.05, 4.69) is 5.32 Å². The van der Waals surface area contributed by atoms with Crippen LogP contribution in [0.5, 0.6) is 0 Å². The smallest absolute Gasteiger partial charge is 0.272 e. The molecular weight excluding hydrogens is 410 g/mol. The second-order valence-corrected chi connectivity index (χ2v) is 9.53. The molecular formula is C28H35N3O2. The summed E-state index contributed by atoms with van der Waals surface area (Å²) in [4.78, 5) is 33.0. The Labute approximate surface area is 197 Å². The van der Waals surface area contributed by atoms with Gasteiger partial charge in [-0.1, -0.05) is 80.6 Å². The molecule has 0 spiro atoms. The Hall–Kier alpha value is -2.95. The van der Waals surface area contributed by atoms with Crippen molar-refractivity contribution in [3.8, 4) is 0 Å². The number of amides is 2. The normalized spacial score (nSPS) is 19.1. The standard InChI is InChI=1S/C28H35N3O2/c1-20(2)31-24-18-10-9-17-23(24)26(22-15-7-4-8-16-22)30-27(28(31)33)29-25(32)19-11-14-21-12-5-3-6-13-21/h4,7-10,15-18,20-21,27H,3,5-6,11-14,19H2,1-2H3,(H,29,32)/t27-/m1/s1. The van der Waals surface area contributed by atoms with Crippen molar-refractivity contribution in [2.24, 2.45) is 10.9 Å². The molecule has 1 heterocycles. The van der Waals surface area contributed by atoms with Crippen LogP contribution in [0.1, 0.15) is 76.3 Å². The molecule has 0 aromatic heterocycles. The molecule has 0 radical (unpaired) electrons. The van der Waals surface area contributed by atoms with Gasteiger partial charge in [-0.3, -0.25) is 9.59 Å². The maximum atomic E-state index is 13.6. The minimum absolute atomic E-state index is 0.0605. The number of fused-ring (bicyclic) bond motifs is 1. The molecule has 0 bridgehead atoms. The summed E-state index contributed by atoms with van der Waals surface area (Å²) in [6.45, 7) is 3.98. The van der Waals surface area contributed by atoms with Gasteiger partial charge in [0.15, 0.2) is 0 Å². The summed E-state index contributed by atoms with van der Waals surface area (Å²) in [6, 6.07) is 17.7. The molecule has 0 saturated heterocycles. The molecule has 174 valence electrons. The lowest BCUT2D eigenvalue weighted by atomic mass is 9.86. The average molecular weight is 446 g/mol. The van der Waals surface area contributed by atoms with Crippen LogP contribution in [0.15, 0.2) is 59.6 Å². The van der Waals surface area contributed by atoms with Crippen LogP contribution in [0.25, 0.3) is 0 Å². The topological polar surface area (TPSA) is 61.8 Å². The van der Waals surface area contributed by atoms with Gasteiger partial charge in [0, 0.05) is 23.6 Å². The summed E-state index contributed by atoms with van der Waals surface area (Å²) < 4.78 is 0. The Morgan fingerprint density at radius 1 is 1.03 bits per heavy atom. The first kappa shape index (κ1) is 23.2. The van der Waals surface area contributed by atoms with E-state index in [0.29, 0.717) is 6.42 Å². The number of nitrogens with one attached hydrogen (secondary N) is 1. The second kappa shape index (κ2) is 10.8. The van der Waals surface area contributed by atoms with E-state index in [9.17, 15) is 9.59 Å². The number of benzodiazepines with no additional fused rings is 1. The molecule has 4 rings (SSSR count). The van der Waals surface area contributed by atoms with Gasteiger partial charge >= 0.3 is 0 Å². The Morgan fingerprint density at radius 2 is 1.73 bits per heavy atom. The number of benzene rings is 2. The summed E-state index contributed by atoms with van der Waals surface area (Å²) in [5.74, 6) is 0.457. The Bertz CT molecular complexity index is 993. The molecule has 5 heteroatoms. The molecule has 33 heavy (non-hydrogen) atoms. The highest BCUT2D eigenvalue weighted by molar-refractivity contribution is 6.20. The predicted molar refractivity (Wildman–Crippen MR) is 134 cm³/mol. The molecule has 2 aliphatic rings. The van der Waals surface area contributed by atoms with Gasteiger partial charge in [0.25, 0.3) is 5.91 Å². The fourth-order valence-electron chi connectivity index (χ4n) is 5.09. The number of hydrogen-bond acceptors (Lipinski definition) is 3. The SMILES string of the molecule is CC(C)N1C(=O)[C@H](NC(=O)CCCC2CCCCC2)N=C(c2ccccc2)c2ccccc21. The number of hydrogen-bond donors (Lipinski definition) is 1. The summed E-state index contributed by atoms with van der Waals surface area (Å²) in [6.07, 6.45) is 8.00. The molecule has 2 aromatic rings. The minimum Gasteiger partial charge on any atom is -0.327 e. The van der Waals surface area contributed by atoms with Gasteiger partial charge in [0.05, 0.1) is 11.4 Å². The van der Waals surface area contributed by atoms with Gasteiger partial charge in [-0.2, -0.15) is 0 Å². The predicted octanol–water partition coefficient (Wildman–Crippen LogP) is 5.47. The Kier molecular flexibility index (Phi) is 7.58. The Morgan fingerprint density at radius 3 is 2.45 bits per heavy atom. The molecule has 0 unspecified atom stereocenters. The zero-order valence-corrected chi connectivity index (χ0v) is 19.8. The third kappa shape index (κ3) is 5.52. The number of rotatable bonds is 7. The van der Waals surface area contributed by atoms with Crippen LogP contribution in [0, 0.1) is 5.92 Å². The largest absolute Gasteiger partial charge is 0.327 e. The van der Waals surface area contributed by atoms with Crippen molar-refractivity contribution in [2.45, 2.75) is 77.4 Å². The first-order valence-electron chi connectivity index (χ1n) is 12.4. The van der Waals surface area contributed by atoms with E-state index >= 15 is 0 Å². The molecule has 1 aliphatic heterocycles. The van der Waals surface area contributed by atoms with Gasteiger partial charge in [0.2, 0.25) is 12.1 Å². The molecule has 2 amide bonds. The fraction of sp³-hybridized carbons (Fsp3) is 0.464. The zero-order chi connectivity index (χ0) is 23.2. The van der Waals surface area contributed by atoms with E-state index < -0.39 is 6.17 Å². The summed E-state index contributed by atoms with van der Waals surface area (Å²) in [5.41, 5.74) is 3.39. The third-order valence-corrected chi connectivity index (χ3v) is 6.75. The summed E-state index contributed by atoms with van der Waals surface area (Å²) in [7, 11) is 0. The van der Waals surface area contributed by atoms with Crippen LogP contribution in [-0.2, 0) is 9.59 Å². The third-order valence-electron chi connectivity index (χ3n) is 6.75. The number of anilines is 1. The summed E-state index contributed by atoms with van der Waals surface area (Å²) in [5, 5.41) is 2.95. The lowest BCUT2D eigenvalue weighted by Crippen LogP contribution is -2.49. The molecule has 1 atom stereocenters. The highest BCUT2D eigenvalue weighted by atomic mass is 16.2. The van der Waals surface area contributed by atoms with Crippen LogP contribution >= 0.6 is 0 Å². The van der Waals surface area contributed by atoms with Crippen LogP contribution in [-0.4, -0.2) is 29.7 Å². The maximum Gasteiger partial charge on any atom is 0.272 e. The second-order valence-electron chi connectivity index (χ2n) is 9.53. The van der Waals surface area contributed by atoms with Crippen molar-refractivity contribution >= 4 is 23.2 Å². The quantitative estimate of drug-likeness (QED) is 0.614. The minimum atomic E-state index is -0.933. The van der Waals surface area contributed by atoms with Crippen molar-refractivity contribution in [2.75, 3.05) is 4.90 Å². The van der Waals surface area contributed by atoms with Crippen LogP contribution < -0.4 is 10.2 Å². The highest BCUT2D eigenvalue weighted by Gasteiger charge is 2.34. The molecule has 1 aliphatic carbocycles. The zero-order valence-electron chi connectivity index (χ0n) is 19.8. The molecule has 2 aromatic carbocycles. The van der Waals surface area contributed by atoms with E-state index in [1.165, 1.54) is 32.1 Å². The molecule has 1 fully saturated rings. The van der Waals surface area contributed by atoms with Gasteiger partial charge in [0.1, 0.15) is 0 Å². The number of aliphatic imine (C=N–C) groups is 1. The lowest BCUT2D eigenvalue weighted by Gasteiger charge is -2.29. The van der Waals surface area contributed by atoms with E-state index in [1.54, 1.807) is 4.90 Å². The van der Waals surface area contributed by atoms with E-state index in [-0.39, 0.29) is 17.9 Å². The number of carbonyl (C=O) groups excluding carboxylic acids is 2. The monoisotopic (exact) mass is 445 g/mol. The number of carbonyl (C=O) groups is 2. The van der Waals surface area contributed by atoms with E-state index in [4.69, 9.17) is 4.99 Å². The van der Waals surface area contributed by atoms with Crippen molar-refractivity contribution in [1.82, 2.24) is 5.32 Å². The first-order valence-corrected chi connectivity index (χ1v) is 12.4. The molecule has 1 N–H and O–H groups in total. The summed E-state index contributed by atoms with van der Waals surface area (Å²) >= 11 is 0. The van der Waals surface area contributed by atoms with Gasteiger partial charge in [-0.05, 0) is 38.7 Å². The number of nitrogens with zero attached hydrogens (tertiary/aromatic N) is 2. The average Bonchev–Trinajstić information content (AvgIpc) is 2.95. The maximum absolute atomic E-state index is 13.6. The lowest BCUT2D eigenvalue weighted by molar-refractivity contribution is -0.127. The van der Waals surface area contributed by atoms with Gasteiger partial charge in [-0.15, -0.1) is 0 Å². The Balaban J connectivity index is 1.57. The van der Waals surface area contributed by atoms with Crippen LogP contribution in [0.3, 0.4) is 0 Å².